The van der Waals surface area contributed by atoms with E-state index in [4.69, 9.17) is 0 Å². The number of carbonyl (C=O) groups excluding carboxylic acids is 4. The van der Waals surface area contributed by atoms with Crippen molar-refractivity contribution in [1.29, 1.82) is 0 Å². The zero-order valence-electron chi connectivity index (χ0n) is 14.9. The Hall–Kier alpha value is -3.07. The van der Waals surface area contributed by atoms with Crippen LogP contribution in [0.15, 0.2) is 36.9 Å². The highest BCUT2D eigenvalue weighted by atomic mass is 32.1. The van der Waals surface area contributed by atoms with Crippen molar-refractivity contribution in [3.8, 4) is 0 Å². The van der Waals surface area contributed by atoms with Gasteiger partial charge in [-0.3, -0.25) is 19.3 Å². The number of para-hydroxylation sites is 1. The zero-order valence-corrected chi connectivity index (χ0v) is 15.7. The van der Waals surface area contributed by atoms with E-state index in [0.717, 1.165) is 20.1 Å². The van der Waals surface area contributed by atoms with Crippen molar-refractivity contribution in [3.63, 3.8) is 0 Å². The normalized spacial score (nSPS) is 15.6. The number of thiazole rings is 1. The van der Waals surface area contributed by atoms with E-state index in [2.05, 4.69) is 11.6 Å². The third-order valence-electron chi connectivity index (χ3n) is 4.38. The van der Waals surface area contributed by atoms with Gasteiger partial charge in [-0.2, -0.15) is 0 Å². The van der Waals surface area contributed by atoms with Crippen molar-refractivity contribution in [1.82, 2.24) is 19.7 Å². The van der Waals surface area contributed by atoms with Gasteiger partial charge in [0, 0.05) is 13.6 Å². The molecule has 0 radical (unpaired) electrons. The molecule has 5 amide bonds. The molecule has 0 N–H and O–H groups in total. The second-order valence-electron chi connectivity index (χ2n) is 6.08. The Labute approximate surface area is 159 Å². The molecule has 0 spiro atoms. The van der Waals surface area contributed by atoms with Gasteiger partial charge in [-0.05, 0) is 19.1 Å². The van der Waals surface area contributed by atoms with Gasteiger partial charge in [0.25, 0.3) is 0 Å². The topological polar surface area (TPSA) is 90.9 Å². The van der Waals surface area contributed by atoms with E-state index in [1.807, 2.05) is 31.2 Å². The van der Waals surface area contributed by atoms with Crippen molar-refractivity contribution in [2.24, 2.45) is 0 Å². The summed E-state index contributed by atoms with van der Waals surface area (Å²) in [6.07, 6.45) is 1.34. The Morgan fingerprint density at radius 2 is 1.93 bits per heavy atom. The Morgan fingerprint density at radius 3 is 2.59 bits per heavy atom. The molecule has 1 fully saturated rings. The Kier molecular flexibility index (Phi) is 5.04. The fourth-order valence-corrected chi connectivity index (χ4v) is 3.74. The molecule has 1 saturated heterocycles. The predicted molar refractivity (Wildman–Crippen MR) is 99.8 cm³/mol. The third kappa shape index (κ3) is 3.33. The largest absolute Gasteiger partial charge is 0.335 e. The smallest absolute Gasteiger partial charge is 0.335 e. The van der Waals surface area contributed by atoms with Gasteiger partial charge in [0.15, 0.2) is 0 Å². The van der Waals surface area contributed by atoms with Crippen molar-refractivity contribution in [2.45, 2.75) is 13.0 Å². The van der Waals surface area contributed by atoms with Crippen LogP contribution < -0.4 is 0 Å². The molecular formula is C18H18N4O4S. The molecule has 0 saturated carbocycles. The SMILES string of the molecule is C=CCN1C(=O)C(=O)N(CC(=O)N(C)[C@H](C)c2nc3ccccc3s2)C1=O. The molecule has 1 atom stereocenters. The minimum absolute atomic E-state index is 0.0773. The molecule has 1 aromatic carbocycles. The lowest BCUT2D eigenvalue weighted by atomic mass is 10.3. The highest BCUT2D eigenvalue weighted by molar-refractivity contribution is 7.18. The van der Waals surface area contributed by atoms with Crippen LogP contribution in [0.4, 0.5) is 4.79 Å². The molecule has 140 valence electrons. The number of fused-ring (bicyclic) bond motifs is 1. The van der Waals surface area contributed by atoms with Gasteiger partial charge in [0.2, 0.25) is 5.91 Å². The Bertz CT molecular complexity index is 921. The summed E-state index contributed by atoms with van der Waals surface area (Å²) in [6, 6.07) is 6.50. The van der Waals surface area contributed by atoms with E-state index < -0.39 is 30.3 Å². The molecule has 0 aliphatic carbocycles. The Morgan fingerprint density at radius 1 is 1.26 bits per heavy atom. The average Bonchev–Trinajstić information content (AvgIpc) is 3.18. The van der Waals surface area contributed by atoms with Crippen molar-refractivity contribution >= 4 is 45.3 Å². The van der Waals surface area contributed by atoms with E-state index in [9.17, 15) is 19.2 Å². The molecule has 3 rings (SSSR count). The van der Waals surface area contributed by atoms with Gasteiger partial charge in [-0.15, -0.1) is 17.9 Å². The quantitative estimate of drug-likeness (QED) is 0.429. The molecular weight excluding hydrogens is 368 g/mol. The van der Waals surface area contributed by atoms with Crippen LogP contribution in [0.25, 0.3) is 10.2 Å². The van der Waals surface area contributed by atoms with Crippen molar-refractivity contribution < 1.29 is 19.2 Å². The molecule has 1 aliphatic heterocycles. The minimum atomic E-state index is -1.00. The van der Waals surface area contributed by atoms with Crippen LogP contribution in [-0.2, 0) is 14.4 Å². The first-order valence-corrected chi connectivity index (χ1v) is 9.06. The number of carbonyl (C=O) groups is 4. The van der Waals surface area contributed by atoms with Crippen LogP contribution in [-0.4, -0.2) is 63.6 Å². The monoisotopic (exact) mass is 386 g/mol. The van der Waals surface area contributed by atoms with Crippen LogP contribution in [0.3, 0.4) is 0 Å². The number of amides is 5. The van der Waals surface area contributed by atoms with E-state index in [1.54, 1.807) is 7.05 Å². The number of rotatable bonds is 6. The lowest BCUT2D eigenvalue weighted by molar-refractivity contribution is -0.144. The maximum absolute atomic E-state index is 12.6. The summed E-state index contributed by atoms with van der Waals surface area (Å²) in [5.74, 6) is -2.41. The van der Waals surface area contributed by atoms with Crippen LogP contribution in [0.5, 0.6) is 0 Å². The first-order chi connectivity index (χ1) is 12.8. The van der Waals surface area contributed by atoms with E-state index in [1.165, 1.54) is 22.3 Å². The Balaban J connectivity index is 1.73. The van der Waals surface area contributed by atoms with Crippen molar-refractivity contribution in [2.75, 3.05) is 20.1 Å². The number of aromatic nitrogens is 1. The number of urea groups is 1. The van der Waals surface area contributed by atoms with Gasteiger partial charge >= 0.3 is 17.8 Å². The van der Waals surface area contributed by atoms with Gasteiger partial charge < -0.3 is 4.90 Å². The molecule has 1 aliphatic rings. The van der Waals surface area contributed by atoms with E-state index in [0.29, 0.717) is 4.90 Å². The molecule has 1 aromatic heterocycles. The highest BCUT2D eigenvalue weighted by Crippen LogP contribution is 2.29. The number of likely N-dealkylation sites (N-methyl/N-ethyl adjacent to an activating group) is 1. The maximum atomic E-state index is 12.6. The van der Waals surface area contributed by atoms with E-state index in [-0.39, 0.29) is 12.6 Å². The average molecular weight is 386 g/mol. The second-order valence-corrected chi connectivity index (χ2v) is 7.14. The standard InChI is InChI=1S/C18H18N4O4S/c1-4-9-21-16(24)17(25)22(18(21)26)10-14(23)20(3)11(2)15-19-12-7-5-6-8-13(12)27-15/h4-8,11H,1,9-10H2,2-3H3/t11-/m1/s1. The molecule has 0 unspecified atom stereocenters. The van der Waals surface area contributed by atoms with E-state index >= 15 is 0 Å². The molecule has 9 heteroatoms. The fourth-order valence-electron chi connectivity index (χ4n) is 2.68. The van der Waals surface area contributed by atoms with Gasteiger partial charge in [0.1, 0.15) is 11.6 Å². The van der Waals surface area contributed by atoms with Gasteiger partial charge in [0.05, 0.1) is 16.3 Å². The van der Waals surface area contributed by atoms with Crippen molar-refractivity contribution in [3.05, 3.63) is 41.9 Å². The molecule has 2 aromatic rings. The zero-order chi connectivity index (χ0) is 19.7. The van der Waals surface area contributed by atoms with Crippen LogP contribution in [0.1, 0.15) is 18.0 Å². The molecule has 2 heterocycles. The van der Waals surface area contributed by atoms with Crippen LogP contribution >= 0.6 is 11.3 Å². The first-order valence-electron chi connectivity index (χ1n) is 8.24. The molecule has 0 bridgehead atoms. The highest BCUT2D eigenvalue weighted by Gasteiger charge is 2.45. The number of hydrogen-bond donors (Lipinski definition) is 0. The van der Waals surface area contributed by atoms with Gasteiger partial charge in [-0.1, -0.05) is 18.2 Å². The summed E-state index contributed by atoms with van der Waals surface area (Å²) in [7, 11) is 1.58. The van der Waals surface area contributed by atoms with Crippen LogP contribution in [0.2, 0.25) is 0 Å². The number of benzene rings is 1. The molecule has 8 nitrogen and oxygen atoms in total. The molecule has 27 heavy (non-hydrogen) atoms. The first kappa shape index (κ1) is 18.7. The number of nitrogens with zero attached hydrogens (tertiary/aromatic N) is 4. The summed E-state index contributed by atoms with van der Waals surface area (Å²) in [4.78, 5) is 56.1. The summed E-state index contributed by atoms with van der Waals surface area (Å²) in [6.45, 7) is 4.69. The lowest BCUT2D eigenvalue weighted by Gasteiger charge is -2.25. The number of hydrogen-bond acceptors (Lipinski definition) is 6. The maximum Gasteiger partial charge on any atom is 0.335 e. The summed E-state index contributed by atoms with van der Waals surface area (Å²) in [5.41, 5.74) is 0.848. The summed E-state index contributed by atoms with van der Waals surface area (Å²) >= 11 is 1.48. The number of imide groups is 2. The van der Waals surface area contributed by atoms with Crippen LogP contribution in [0, 0.1) is 0 Å². The van der Waals surface area contributed by atoms with Gasteiger partial charge in [-0.25, -0.2) is 14.7 Å². The third-order valence-corrected chi connectivity index (χ3v) is 5.59. The predicted octanol–water partition coefficient (Wildman–Crippen LogP) is 1.79. The fraction of sp³-hybridized carbons (Fsp3) is 0.278. The lowest BCUT2D eigenvalue weighted by Crippen LogP contribution is -2.42. The summed E-state index contributed by atoms with van der Waals surface area (Å²) < 4.78 is 1.01. The summed E-state index contributed by atoms with van der Waals surface area (Å²) in [5, 5.41) is 0.746. The second kappa shape index (κ2) is 7.28. The minimum Gasteiger partial charge on any atom is -0.335 e.